The molecule has 0 aromatic carbocycles. The van der Waals surface area contributed by atoms with Crippen LogP contribution in [0.3, 0.4) is 0 Å². The van der Waals surface area contributed by atoms with Crippen molar-refractivity contribution in [1.29, 1.82) is 5.26 Å². The molecule has 2 aromatic heterocycles. The van der Waals surface area contributed by atoms with Crippen LogP contribution in [0, 0.1) is 11.3 Å². The summed E-state index contributed by atoms with van der Waals surface area (Å²) in [6.07, 6.45) is 2.66. The number of nitrogens with zero attached hydrogens (tertiary/aromatic N) is 3. The van der Waals surface area contributed by atoms with Gasteiger partial charge in [0.2, 0.25) is 0 Å². The topological polar surface area (TPSA) is 77.4 Å². The third-order valence-corrected chi connectivity index (χ3v) is 3.04. The monoisotopic (exact) mass is 213 g/mol. The quantitative estimate of drug-likeness (QED) is 0.738. The fourth-order valence-corrected chi connectivity index (χ4v) is 2.19. The maximum Gasteiger partial charge on any atom is 0.181 e. The molecule has 0 saturated carbocycles. The van der Waals surface area contributed by atoms with Crippen molar-refractivity contribution < 1.29 is 0 Å². The van der Waals surface area contributed by atoms with Gasteiger partial charge in [-0.25, -0.2) is 4.98 Å². The number of rotatable bonds is 1. The minimum atomic E-state index is 0.459. The van der Waals surface area contributed by atoms with Crippen molar-refractivity contribution >= 4 is 11.0 Å². The van der Waals surface area contributed by atoms with Gasteiger partial charge in [-0.15, -0.1) is 0 Å². The molecule has 0 radical (unpaired) electrons. The van der Waals surface area contributed by atoms with Crippen LogP contribution in [0.15, 0.2) is 12.3 Å². The van der Waals surface area contributed by atoms with E-state index in [9.17, 15) is 0 Å². The number of aromatic nitrogens is 3. The summed E-state index contributed by atoms with van der Waals surface area (Å²) >= 11 is 0. The minimum absolute atomic E-state index is 0.459. The highest BCUT2D eigenvalue weighted by molar-refractivity contribution is 5.79. The van der Waals surface area contributed by atoms with Gasteiger partial charge in [0.1, 0.15) is 6.07 Å². The summed E-state index contributed by atoms with van der Waals surface area (Å²) < 4.78 is 0. The molecule has 2 N–H and O–H groups in total. The van der Waals surface area contributed by atoms with Gasteiger partial charge in [-0.1, -0.05) is 0 Å². The van der Waals surface area contributed by atoms with Gasteiger partial charge in [0.25, 0.3) is 0 Å². The Balaban J connectivity index is 2.14. The molecule has 1 unspecified atom stereocenters. The molecule has 1 fully saturated rings. The third-order valence-electron chi connectivity index (χ3n) is 3.04. The number of fused-ring (bicyclic) bond motifs is 1. The molecule has 1 atom stereocenters. The maximum atomic E-state index is 8.86. The van der Waals surface area contributed by atoms with Crippen molar-refractivity contribution in [3.8, 4) is 6.07 Å². The van der Waals surface area contributed by atoms with Crippen molar-refractivity contribution in [2.24, 2.45) is 0 Å². The SMILES string of the molecule is N#Cc1cnc2n[nH]c(C3CCNC3)c2c1. The van der Waals surface area contributed by atoms with Gasteiger partial charge in [-0.2, -0.15) is 10.4 Å². The molecular formula is C11H11N5. The Morgan fingerprint density at radius 3 is 3.19 bits per heavy atom. The van der Waals surface area contributed by atoms with Gasteiger partial charge in [-0.05, 0) is 19.0 Å². The lowest BCUT2D eigenvalue weighted by Crippen LogP contribution is -2.08. The van der Waals surface area contributed by atoms with Gasteiger partial charge < -0.3 is 5.32 Å². The van der Waals surface area contributed by atoms with E-state index in [1.54, 1.807) is 6.20 Å². The predicted octanol–water partition coefficient (Wildman–Crippen LogP) is 0.906. The molecule has 80 valence electrons. The van der Waals surface area contributed by atoms with Gasteiger partial charge in [-0.3, -0.25) is 5.10 Å². The van der Waals surface area contributed by atoms with E-state index in [4.69, 9.17) is 5.26 Å². The number of nitrogens with one attached hydrogen (secondary N) is 2. The van der Waals surface area contributed by atoms with Gasteiger partial charge in [0.15, 0.2) is 5.65 Å². The van der Waals surface area contributed by atoms with Crippen LogP contribution in [-0.4, -0.2) is 28.3 Å². The van der Waals surface area contributed by atoms with E-state index in [2.05, 4.69) is 26.6 Å². The van der Waals surface area contributed by atoms with Gasteiger partial charge in [0.05, 0.1) is 5.56 Å². The van der Waals surface area contributed by atoms with Crippen molar-refractivity contribution in [2.45, 2.75) is 12.3 Å². The zero-order valence-electron chi connectivity index (χ0n) is 8.70. The molecule has 2 aromatic rings. The summed E-state index contributed by atoms with van der Waals surface area (Å²) in [5.41, 5.74) is 2.38. The van der Waals surface area contributed by atoms with Crippen molar-refractivity contribution in [3.63, 3.8) is 0 Å². The fraction of sp³-hybridized carbons (Fsp3) is 0.364. The van der Waals surface area contributed by atoms with Crippen LogP contribution in [0.1, 0.15) is 23.6 Å². The van der Waals surface area contributed by atoms with E-state index in [-0.39, 0.29) is 0 Å². The Labute approximate surface area is 92.5 Å². The first-order valence-electron chi connectivity index (χ1n) is 5.33. The minimum Gasteiger partial charge on any atom is -0.316 e. The van der Waals surface area contributed by atoms with Crippen LogP contribution in [0.5, 0.6) is 0 Å². The Morgan fingerprint density at radius 1 is 1.50 bits per heavy atom. The Kier molecular flexibility index (Phi) is 2.08. The Hall–Kier alpha value is -1.93. The van der Waals surface area contributed by atoms with Crippen LogP contribution in [0.4, 0.5) is 0 Å². The Bertz CT molecular complexity index is 559. The second-order valence-electron chi connectivity index (χ2n) is 4.03. The second kappa shape index (κ2) is 3.58. The molecule has 3 rings (SSSR count). The molecule has 5 nitrogen and oxygen atoms in total. The molecule has 0 spiro atoms. The Morgan fingerprint density at radius 2 is 2.44 bits per heavy atom. The van der Waals surface area contributed by atoms with E-state index in [0.29, 0.717) is 17.1 Å². The van der Waals surface area contributed by atoms with E-state index in [1.165, 1.54) is 0 Å². The molecule has 3 heterocycles. The zero-order chi connectivity index (χ0) is 11.0. The molecule has 0 bridgehead atoms. The lowest BCUT2D eigenvalue weighted by atomic mass is 10.0. The number of hydrogen-bond donors (Lipinski definition) is 2. The summed E-state index contributed by atoms with van der Waals surface area (Å²) in [7, 11) is 0. The molecule has 0 amide bonds. The number of nitriles is 1. The molecule has 16 heavy (non-hydrogen) atoms. The van der Waals surface area contributed by atoms with Crippen LogP contribution < -0.4 is 5.32 Å². The zero-order valence-corrected chi connectivity index (χ0v) is 8.70. The normalized spacial score (nSPS) is 20.1. The van der Waals surface area contributed by atoms with E-state index in [1.807, 2.05) is 6.07 Å². The van der Waals surface area contributed by atoms with Crippen LogP contribution in [0.25, 0.3) is 11.0 Å². The fourth-order valence-electron chi connectivity index (χ4n) is 2.19. The van der Waals surface area contributed by atoms with Gasteiger partial charge in [0, 0.05) is 29.7 Å². The molecule has 1 saturated heterocycles. The van der Waals surface area contributed by atoms with E-state index >= 15 is 0 Å². The lowest BCUT2D eigenvalue weighted by Gasteiger charge is -2.04. The molecule has 0 aliphatic carbocycles. The van der Waals surface area contributed by atoms with Crippen molar-refractivity contribution in [3.05, 3.63) is 23.5 Å². The predicted molar refractivity (Wildman–Crippen MR) is 58.8 cm³/mol. The first-order chi connectivity index (χ1) is 7.88. The summed E-state index contributed by atoms with van der Waals surface area (Å²) in [6, 6.07) is 3.97. The molecule has 1 aliphatic rings. The third kappa shape index (κ3) is 1.35. The summed E-state index contributed by atoms with van der Waals surface area (Å²) in [4.78, 5) is 4.16. The number of H-pyrrole nitrogens is 1. The van der Waals surface area contributed by atoms with E-state index < -0.39 is 0 Å². The average molecular weight is 213 g/mol. The first-order valence-corrected chi connectivity index (χ1v) is 5.33. The molecule has 1 aliphatic heterocycles. The number of aromatic amines is 1. The molecular weight excluding hydrogens is 202 g/mol. The van der Waals surface area contributed by atoms with Crippen molar-refractivity contribution in [1.82, 2.24) is 20.5 Å². The average Bonchev–Trinajstić information content (AvgIpc) is 2.96. The lowest BCUT2D eigenvalue weighted by molar-refractivity contribution is 0.734. The summed E-state index contributed by atoms with van der Waals surface area (Å²) in [6.45, 7) is 2.00. The standard InChI is InChI=1S/C11H11N5/c12-4-7-3-9-10(8-1-2-13-6-8)15-16-11(9)14-5-7/h3,5,8,13H,1-2,6H2,(H,14,15,16). The van der Waals surface area contributed by atoms with Gasteiger partial charge >= 0.3 is 0 Å². The highest BCUT2D eigenvalue weighted by atomic mass is 15.2. The number of pyridine rings is 1. The van der Waals surface area contributed by atoms with Crippen molar-refractivity contribution in [2.75, 3.05) is 13.1 Å². The molecule has 5 heteroatoms. The highest BCUT2D eigenvalue weighted by Crippen LogP contribution is 2.26. The highest BCUT2D eigenvalue weighted by Gasteiger charge is 2.21. The maximum absolute atomic E-state index is 8.86. The van der Waals surface area contributed by atoms with Crippen LogP contribution >= 0.6 is 0 Å². The smallest absolute Gasteiger partial charge is 0.181 e. The van der Waals surface area contributed by atoms with Crippen LogP contribution in [-0.2, 0) is 0 Å². The first kappa shape index (κ1) is 9.31. The number of hydrogen-bond acceptors (Lipinski definition) is 4. The second-order valence-corrected chi connectivity index (χ2v) is 4.03. The summed E-state index contributed by atoms with van der Waals surface area (Å²) in [5, 5.41) is 20.4. The van der Waals surface area contributed by atoms with E-state index in [0.717, 1.165) is 30.6 Å². The summed E-state index contributed by atoms with van der Waals surface area (Å²) in [5.74, 6) is 0.459. The van der Waals surface area contributed by atoms with Crippen LogP contribution in [0.2, 0.25) is 0 Å². The largest absolute Gasteiger partial charge is 0.316 e.